The summed E-state index contributed by atoms with van der Waals surface area (Å²) in [5.74, 6) is 1.74. The van der Waals surface area contributed by atoms with Crippen molar-refractivity contribution in [3.63, 3.8) is 0 Å². The predicted molar refractivity (Wildman–Crippen MR) is 54.6 cm³/mol. The third kappa shape index (κ3) is 2.64. The summed E-state index contributed by atoms with van der Waals surface area (Å²) < 4.78 is 0. The molecular formula is C9H19NOS. The Bertz CT molecular complexity index is 132. The van der Waals surface area contributed by atoms with Crippen molar-refractivity contribution in [3.8, 4) is 0 Å². The normalized spacial score (nSPS) is 27.8. The first-order valence-electron chi connectivity index (χ1n) is 4.61. The highest BCUT2D eigenvalue weighted by atomic mass is 32.2. The van der Waals surface area contributed by atoms with E-state index in [1.807, 2.05) is 11.8 Å². The van der Waals surface area contributed by atoms with Gasteiger partial charge in [0.25, 0.3) is 0 Å². The molecule has 1 N–H and O–H groups in total. The van der Waals surface area contributed by atoms with Crippen LogP contribution in [0.1, 0.15) is 13.3 Å². The summed E-state index contributed by atoms with van der Waals surface area (Å²) in [7, 11) is 0. The number of hydrogen-bond acceptors (Lipinski definition) is 3. The number of aliphatic hydroxyl groups excluding tert-OH is 1. The van der Waals surface area contributed by atoms with Gasteiger partial charge in [0, 0.05) is 24.9 Å². The molecule has 0 aromatic carbocycles. The van der Waals surface area contributed by atoms with E-state index < -0.39 is 0 Å². The molecule has 0 amide bonds. The molecule has 2 nitrogen and oxygen atoms in total. The van der Waals surface area contributed by atoms with Gasteiger partial charge in [-0.15, -0.1) is 0 Å². The van der Waals surface area contributed by atoms with E-state index in [1.54, 1.807) is 0 Å². The third-order valence-corrected chi connectivity index (χ3v) is 3.42. The largest absolute Gasteiger partial charge is 0.396 e. The van der Waals surface area contributed by atoms with Crippen LogP contribution in [-0.2, 0) is 0 Å². The number of aliphatic hydroxyl groups is 1. The van der Waals surface area contributed by atoms with Crippen LogP contribution in [0.15, 0.2) is 0 Å². The Morgan fingerprint density at radius 1 is 1.67 bits per heavy atom. The lowest BCUT2D eigenvalue weighted by atomic mass is 10.1. The second-order valence-electron chi connectivity index (χ2n) is 3.64. The van der Waals surface area contributed by atoms with Crippen LogP contribution in [-0.4, -0.2) is 47.8 Å². The highest BCUT2D eigenvalue weighted by molar-refractivity contribution is 7.98. The summed E-state index contributed by atoms with van der Waals surface area (Å²) in [4.78, 5) is 2.48. The molecule has 3 heteroatoms. The van der Waals surface area contributed by atoms with Crippen molar-refractivity contribution in [2.24, 2.45) is 5.92 Å². The minimum Gasteiger partial charge on any atom is -0.396 e. The van der Waals surface area contributed by atoms with Crippen molar-refractivity contribution in [2.75, 3.05) is 31.7 Å². The van der Waals surface area contributed by atoms with Gasteiger partial charge in [0.15, 0.2) is 0 Å². The summed E-state index contributed by atoms with van der Waals surface area (Å²) in [5, 5.41) is 8.96. The van der Waals surface area contributed by atoms with Crippen LogP contribution in [0.4, 0.5) is 0 Å². The van der Waals surface area contributed by atoms with Crippen LogP contribution < -0.4 is 0 Å². The van der Waals surface area contributed by atoms with Crippen LogP contribution in [0, 0.1) is 5.92 Å². The molecule has 1 aliphatic heterocycles. The van der Waals surface area contributed by atoms with Crippen LogP contribution >= 0.6 is 11.8 Å². The molecule has 0 aromatic rings. The topological polar surface area (TPSA) is 23.5 Å². The first-order chi connectivity index (χ1) is 5.77. The predicted octanol–water partition coefficient (Wildman–Crippen LogP) is 1.05. The van der Waals surface area contributed by atoms with Crippen LogP contribution in [0.5, 0.6) is 0 Å². The van der Waals surface area contributed by atoms with E-state index in [-0.39, 0.29) is 0 Å². The summed E-state index contributed by atoms with van der Waals surface area (Å²) in [6.45, 7) is 4.91. The zero-order valence-corrected chi connectivity index (χ0v) is 8.81. The third-order valence-electron chi connectivity index (χ3n) is 2.61. The van der Waals surface area contributed by atoms with Gasteiger partial charge in [-0.2, -0.15) is 11.8 Å². The smallest absolute Gasteiger partial charge is 0.0471 e. The van der Waals surface area contributed by atoms with Gasteiger partial charge in [0.2, 0.25) is 0 Å². The average molecular weight is 189 g/mol. The van der Waals surface area contributed by atoms with Gasteiger partial charge < -0.3 is 5.11 Å². The quantitative estimate of drug-likeness (QED) is 0.715. The van der Waals surface area contributed by atoms with Gasteiger partial charge in [-0.3, -0.25) is 4.90 Å². The second kappa shape index (κ2) is 5.10. The summed E-state index contributed by atoms with van der Waals surface area (Å²) in [5.41, 5.74) is 0. The first kappa shape index (κ1) is 10.4. The molecule has 2 atom stereocenters. The van der Waals surface area contributed by atoms with E-state index in [1.165, 1.54) is 18.7 Å². The Morgan fingerprint density at radius 3 is 2.92 bits per heavy atom. The van der Waals surface area contributed by atoms with Crippen LogP contribution in [0.25, 0.3) is 0 Å². The fourth-order valence-electron chi connectivity index (χ4n) is 1.76. The molecule has 72 valence electrons. The summed E-state index contributed by atoms with van der Waals surface area (Å²) in [6, 6.07) is 0.677. The van der Waals surface area contributed by atoms with Crippen molar-refractivity contribution in [2.45, 2.75) is 19.4 Å². The van der Waals surface area contributed by atoms with E-state index in [0.717, 1.165) is 6.54 Å². The van der Waals surface area contributed by atoms with Gasteiger partial charge in [0.1, 0.15) is 0 Å². The number of hydrogen-bond donors (Lipinski definition) is 1. The monoisotopic (exact) mass is 189 g/mol. The lowest BCUT2D eigenvalue weighted by Gasteiger charge is -2.23. The van der Waals surface area contributed by atoms with E-state index in [2.05, 4.69) is 18.1 Å². The van der Waals surface area contributed by atoms with Crippen molar-refractivity contribution >= 4 is 11.8 Å². The number of thioether (sulfide) groups is 1. The summed E-state index contributed by atoms with van der Waals surface area (Å²) in [6.07, 6.45) is 3.32. The van der Waals surface area contributed by atoms with Gasteiger partial charge in [-0.1, -0.05) is 0 Å². The van der Waals surface area contributed by atoms with Crippen LogP contribution in [0.3, 0.4) is 0 Å². The zero-order chi connectivity index (χ0) is 8.97. The lowest BCUT2D eigenvalue weighted by Crippen LogP contribution is -2.33. The Balaban J connectivity index is 2.25. The van der Waals surface area contributed by atoms with Crippen molar-refractivity contribution in [3.05, 3.63) is 0 Å². The van der Waals surface area contributed by atoms with Gasteiger partial charge in [0.05, 0.1) is 0 Å². The van der Waals surface area contributed by atoms with Crippen LogP contribution in [0.2, 0.25) is 0 Å². The average Bonchev–Trinajstić information content (AvgIpc) is 2.52. The summed E-state index contributed by atoms with van der Waals surface area (Å²) >= 11 is 1.90. The lowest BCUT2D eigenvalue weighted by molar-refractivity contribution is 0.210. The molecule has 12 heavy (non-hydrogen) atoms. The Hall–Kier alpha value is 0.270. The minimum atomic E-state index is 0.364. The highest BCUT2D eigenvalue weighted by Crippen LogP contribution is 2.19. The minimum absolute atomic E-state index is 0.364. The molecule has 0 spiro atoms. The maximum Gasteiger partial charge on any atom is 0.0471 e. The van der Waals surface area contributed by atoms with Crippen molar-refractivity contribution in [1.29, 1.82) is 0 Å². The van der Waals surface area contributed by atoms with Gasteiger partial charge in [-0.25, -0.2) is 0 Å². The molecule has 0 bridgehead atoms. The molecule has 1 heterocycles. The molecule has 0 saturated carbocycles. The van der Waals surface area contributed by atoms with E-state index in [4.69, 9.17) is 5.11 Å². The molecule has 0 aromatic heterocycles. The van der Waals surface area contributed by atoms with Gasteiger partial charge >= 0.3 is 0 Å². The number of nitrogens with zero attached hydrogens (tertiary/aromatic N) is 1. The molecule has 1 aliphatic rings. The molecule has 0 radical (unpaired) electrons. The second-order valence-corrected chi connectivity index (χ2v) is 4.55. The molecule has 1 rings (SSSR count). The van der Waals surface area contributed by atoms with Crippen molar-refractivity contribution in [1.82, 2.24) is 4.90 Å². The Labute approximate surface area is 79.3 Å². The van der Waals surface area contributed by atoms with E-state index >= 15 is 0 Å². The standard InChI is InChI=1S/C9H19NOS/c1-8(7-12-2)10-4-3-9(5-10)6-11/h8-9,11H,3-7H2,1-2H3. The van der Waals surface area contributed by atoms with E-state index in [0.29, 0.717) is 18.6 Å². The maximum atomic E-state index is 8.96. The van der Waals surface area contributed by atoms with E-state index in [9.17, 15) is 0 Å². The first-order valence-corrected chi connectivity index (χ1v) is 6.01. The molecule has 1 fully saturated rings. The van der Waals surface area contributed by atoms with Gasteiger partial charge in [-0.05, 0) is 32.1 Å². The number of likely N-dealkylation sites (tertiary alicyclic amines) is 1. The van der Waals surface area contributed by atoms with Crippen molar-refractivity contribution < 1.29 is 5.11 Å². The SMILES string of the molecule is CSCC(C)N1CCC(CO)C1. The maximum absolute atomic E-state index is 8.96. The molecule has 1 saturated heterocycles. The molecular weight excluding hydrogens is 170 g/mol. The Morgan fingerprint density at radius 2 is 2.42 bits per heavy atom. The Kier molecular flexibility index (Phi) is 4.40. The highest BCUT2D eigenvalue weighted by Gasteiger charge is 2.24. The number of rotatable bonds is 4. The fourth-order valence-corrected chi connectivity index (χ4v) is 2.45. The zero-order valence-electron chi connectivity index (χ0n) is 7.99. The molecule has 2 unspecified atom stereocenters. The molecule has 0 aliphatic carbocycles. The fraction of sp³-hybridized carbons (Fsp3) is 1.00.